The van der Waals surface area contributed by atoms with E-state index in [9.17, 15) is 4.79 Å². The van der Waals surface area contributed by atoms with Crippen molar-refractivity contribution < 1.29 is 9.63 Å². The Morgan fingerprint density at radius 1 is 1.04 bits per heavy atom. The fraction of sp³-hybridized carbons (Fsp3) is 0.111. The molecule has 5 heteroatoms. The SMILES string of the molecule is O=C(NOCc1ccccc1)[C@@H](c1ccccc1)n1cccn1. The van der Waals surface area contributed by atoms with Crippen molar-refractivity contribution in [3.63, 3.8) is 0 Å². The number of benzene rings is 2. The van der Waals surface area contributed by atoms with Gasteiger partial charge in [-0.15, -0.1) is 0 Å². The van der Waals surface area contributed by atoms with E-state index in [2.05, 4.69) is 10.6 Å². The van der Waals surface area contributed by atoms with Gasteiger partial charge in [-0.1, -0.05) is 60.7 Å². The molecular weight excluding hydrogens is 290 g/mol. The fourth-order valence-corrected chi connectivity index (χ4v) is 2.31. The van der Waals surface area contributed by atoms with E-state index in [-0.39, 0.29) is 5.91 Å². The van der Waals surface area contributed by atoms with Crippen LogP contribution >= 0.6 is 0 Å². The average Bonchev–Trinajstić information content (AvgIpc) is 3.11. The number of hydrogen-bond donors (Lipinski definition) is 1. The van der Waals surface area contributed by atoms with Crippen LogP contribution in [-0.4, -0.2) is 15.7 Å². The molecule has 0 bridgehead atoms. The number of carbonyl (C=O) groups excluding carboxylic acids is 1. The number of aromatic nitrogens is 2. The Balaban J connectivity index is 1.69. The third-order valence-electron chi connectivity index (χ3n) is 3.41. The zero-order chi connectivity index (χ0) is 15.9. The number of nitrogens with one attached hydrogen (secondary N) is 1. The lowest BCUT2D eigenvalue weighted by molar-refractivity contribution is -0.137. The summed E-state index contributed by atoms with van der Waals surface area (Å²) < 4.78 is 1.61. The Hall–Kier alpha value is -2.92. The van der Waals surface area contributed by atoms with Crippen LogP contribution in [-0.2, 0) is 16.2 Å². The molecule has 1 atom stereocenters. The molecule has 0 spiro atoms. The van der Waals surface area contributed by atoms with Crippen molar-refractivity contribution >= 4 is 5.91 Å². The minimum absolute atomic E-state index is 0.268. The van der Waals surface area contributed by atoms with Crippen molar-refractivity contribution in [3.8, 4) is 0 Å². The molecule has 0 aliphatic heterocycles. The maximum absolute atomic E-state index is 12.5. The van der Waals surface area contributed by atoms with Gasteiger partial charge in [-0.05, 0) is 17.2 Å². The maximum Gasteiger partial charge on any atom is 0.272 e. The maximum atomic E-state index is 12.5. The van der Waals surface area contributed by atoms with Crippen LogP contribution in [0.3, 0.4) is 0 Å². The quantitative estimate of drug-likeness (QED) is 0.712. The molecule has 3 rings (SSSR count). The van der Waals surface area contributed by atoms with Gasteiger partial charge in [-0.25, -0.2) is 5.48 Å². The topological polar surface area (TPSA) is 56.1 Å². The predicted molar refractivity (Wildman–Crippen MR) is 86.2 cm³/mol. The first-order valence-electron chi connectivity index (χ1n) is 7.34. The van der Waals surface area contributed by atoms with Gasteiger partial charge in [0.25, 0.3) is 5.91 Å². The number of amides is 1. The molecule has 1 N–H and O–H groups in total. The van der Waals surface area contributed by atoms with Crippen LogP contribution in [0.2, 0.25) is 0 Å². The van der Waals surface area contributed by atoms with Crippen LogP contribution in [0.5, 0.6) is 0 Å². The summed E-state index contributed by atoms with van der Waals surface area (Å²) in [5, 5.41) is 4.18. The summed E-state index contributed by atoms with van der Waals surface area (Å²) in [4.78, 5) is 17.9. The van der Waals surface area contributed by atoms with E-state index in [0.29, 0.717) is 6.61 Å². The van der Waals surface area contributed by atoms with E-state index in [1.807, 2.05) is 60.7 Å². The molecule has 0 fully saturated rings. The summed E-state index contributed by atoms with van der Waals surface area (Å²) in [5.41, 5.74) is 4.35. The van der Waals surface area contributed by atoms with Crippen molar-refractivity contribution in [2.24, 2.45) is 0 Å². The van der Waals surface area contributed by atoms with Gasteiger partial charge >= 0.3 is 0 Å². The Morgan fingerprint density at radius 2 is 1.74 bits per heavy atom. The summed E-state index contributed by atoms with van der Waals surface area (Å²) in [5.74, 6) is -0.268. The number of hydrogen-bond acceptors (Lipinski definition) is 3. The molecule has 116 valence electrons. The first-order chi connectivity index (χ1) is 11.3. The molecule has 23 heavy (non-hydrogen) atoms. The highest BCUT2D eigenvalue weighted by molar-refractivity contribution is 5.82. The van der Waals surface area contributed by atoms with Crippen molar-refractivity contribution in [2.75, 3.05) is 0 Å². The van der Waals surface area contributed by atoms with Crippen LogP contribution in [0.4, 0.5) is 0 Å². The third-order valence-corrected chi connectivity index (χ3v) is 3.41. The first kappa shape index (κ1) is 15.0. The highest BCUT2D eigenvalue weighted by Crippen LogP contribution is 2.17. The predicted octanol–water partition coefficient (Wildman–Crippen LogP) is 2.72. The number of nitrogens with zero attached hydrogens (tertiary/aromatic N) is 2. The molecule has 1 heterocycles. The average molecular weight is 307 g/mol. The van der Waals surface area contributed by atoms with Crippen LogP contribution in [0.25, 0.3) is 0 Å². The van der Waals surface area contributed by atoms with Crippen molar-refractivity contribution in [1.29, 1.82) is 0 Å². The summed E-state index contributed by atoms with van der Waals surface area (Å²) in [7, 11) is 0. The molecule has 0 saturated heterocycles. The second-order valence-corrected chi connectivity index (χ2v) is 5.04. The number of rotatable bonds is 6. The Labute approximate surface area is 134 Å². The van der Waals surface area contributed by atoms with Crippen LogP contribution in [0.1, 0.15) is 17.2 Å². The van der Waals surface area contributed by atoms with Crippen LogP contribution in [0, 0.1) is 0 Å². The lowest BCUT2D eigenvalue weighted by atomic mass is 10.1. The van der Waals surface area contributed by atoms with E-state index in [4.69, 9.17) is 4.84 Å². The van der Waals surface area contributed by atoms with Gasteiger partial charge < -0.3 is 0 Å². The van der Waals surface area contributed by atoms with Crippen molar-refractivity contribution in [2.45, 2.75) is 12.6 Å². The zero-order valence-electron chi connectivity index (χ0n) is 12.5. The monoisotopic (exact) mass is 307 g/mol. The highest BCUT2D eigenvalue weighted by atomic mass is 16.6. The van der Waals surface area contributed by atoms with Gasteiger partial charge in [0, 0.05) is 12.4 Å². The molecule has 3 aromatic rings. The largest absolute Gasteiger partial charge is 0.272 e. The second-order valence-electron chi connectivity index (χ2n) is 5.04. The normalized spacial score (nSPS) is 11.8. The summed E-state index contributed by atoms with van der Waals surface area (Å²) in [6.45, 7) is 0.313. The van der Waals surface area contributed by atoms with Crippen LogP contribution < -0.4 is 5.48 Å². The van der Waals surface area contributed by atoms with E-state index in [1.54, 1.807) is 23.1 Å². The zero-order valence-corrected chi connectivity index (χ0v) is 12.5. The minimum Gasteiger partial charge on any atom is -0.270 e. The minimum atomic E-state index is -0.568. The smallest absolute Gasteiger partial charge is 0.270 e. The van der Waals surface area contributed by atoms with E-state index >= 15 is 0 Å². The molecule has 0 saturated carbocycles. The third kappa shape index (κ3) is 3.84. The van der Waals surface area contributed by atoms with Gasteiger partial charge in [0.2, 0.25) is 0 Å². The summed E-state index contributed by atoms with van der Waals surface area (Å²) in [6.07, 6.45) is 3.41. The molecule has 5 nitrogen and oxygen atoms in total. The Morgan fingerprint density at radius 3 is 2.39 bits per heavy atom. The highest BCUT2D eigenvalue weighted by Gasteiger charge is 2.22. The number of carbonyl (C=O) groups is 1. The molecule has 1 amide bonds. The summed E-state index contributed by atoms with van der Waals surface area (Å²) >= 11 is 0. The van der Waals surface area contributed by atoms with Crippen LogP contribution in [0.15, 0.2) is 79.1 Å². The molecule has 2 aromatic carbocycles. The standard InChI is InChI=1S/C18H17N3O2/c22-18(20-23-14-15-8-3-1-4-9-15)17(21-13-7-12-19-21)16-10-5-2-6-11-16/h1-13,17H,14H2,(H,20,22)/t17-/m1/s1. The summed E-state index contributed by atoms with van der Waals surface area (Å²) in [6, 6.07) is 20.4. The lowest BCUT2D eigenvalue weighted by Crippen LogP contribution is -2.33. The van der Waals surface area contributed by atoms with E-state index in [1.165, 1.54) is 0 Å². The Bertz CT molecular complexity index is 727. The van der Waals surface area contributed by atoms with E-state index < -0.39 is 6.04 Å². The van der Waals surface area contributed by atoms with Crippen molar-refractivity contribution in [3.05, 3.63) is 90.3 Å². The van der Waals surface area contributed by atoms with Crippen molar-refractivity contribution in [1.82, 2.24) is 15.3 Å². The fourth-order valence-electron chi connectivity index (χ4n) is 2.31. The molecule has 0 radical (unpaired) electrons. The molecular formula is C18H17N3O2. The molecule has 0 unspecified atom stereocenters. The van der Waals surface area contributed by atoms with Gasteiger partial charge in [-0.3, -0.25) is 14.3 Å². The van der Waals surface area contributed by atoms with Gasteiger partial charge in [-0.2, -0.15) is 5.10 Å². The molecule has 0 aliphatic carbocycles. The lowest BCUT2D eigenvalue weighted by Gasteiger charge is -2.17. The van der Waals surface area contributed by atoms with Gasteiger partial charge in [0.05, 0.1) is 6.61 Å². The Kier molecular flexibility index (Phi) is 4.81. The van der Waals surface area contributed by atoms with Gasteiger partial charge in [0.1, 0.15) is 0 Å². The molecule has 1 aromatic heterocycles. The van der Waals surface area contributed by atoms with E-state index in [0.717, 1.165) is 11.1 Å². The second kappa shape index (κ2) is 7.38. The molecule has 0 aliphatic rings. The first-order valence-corrected chi connectivity index (χ1v) is 7.34. The number of hydroxylamine groups is 1. The van der Waals surface area contributed by atoms with Gasteiger partial charge in [0.15, 0.2) is 6.04 Å².